The number of fused-ring (bicyclic) bond motifs is 5. The summed E-state index contributed by atoms with van der Waals surface area (Å²) in [4.78, 5) is 41.7. The Labute approximate surface area is 280 Å². The van der Waals surface area contributed by atoms with E-state index in [0.717, 1.165) is 30.6 Å². The first-order chi connectivity index (χ1) is 21.4. The summed E-state index contributed by atoms with van der Waals surface area (Å²) in [5.74, 6) is 3.04. The molecule has 260 valence electrons. The Morgan fingerprint density at radius 1 is 0.978 bits per heavy atom. The molecule has 0 N–H and O–H groups in total. The van der Waals surface area contributed by atoms with Crippen LogP contribution in [0.2, 0.25) is 18.1 Å². The molecule has 4 aliphatic carbocycles. The van der Waals surface area contributed by atoms with E-state index in [-0.39, 0.29) is 35.5 Å². The highest BCUT2D eigenvalue weighted by Crippen LogP contribution is 2.68. The highest BCUT2D eigenvalue weighted by Gasteiger charge is 2.62. The molecule has 1 saturated heterocycles. The van der Waals surface area contributed by atoms with E-state index in [1.165, 1.54) is 50.5 Å². The van der Waals surface area contributed by atoms with E-state index in [1.807, 2.05) is 0 Å². The first kappa shape index (κ1) is 35.6. The van der Waals surface area contributed by atoms with Crippen LogP contribution in [0.15, 0.2) is 11.6 Å². The number of hydrogen-bond acceptors (Lipinski definition) is 6. The van der Waals surface area contributed by atoms with Crippen LogP contribution in [-0.2, 0) is 23.6 Å². The number of nitrogens with zero attached hydrogens (tertiary/aromatic N) is 1. The van der Waals surface area contributed by atoms with E-state index in [1.54, 1.807) is 0 Å². The smallest absolute Gasteiger partial charge is 0.429 e. The van der Waals surface area contributed by atoms with Gasteiger partial charge in [0, 0.05) is 19.3 Å². The molecule has 3 saturated carbocycles. The minimum atomic E-state index is -2.08. The highest BCUT2D eigenvalue weighted by molar-refractivity contribution is 6.74. The maximum absolute atomic E-state index is 12.7. The van der Waals surface area contributed by atoms with Crippen LogP contribution in [0.3, 0.4) is 0 Å². The van der Waals surface area contributed by atoms with Crippen molar-refractivity contribution >= 4 is 26.3 Å². The molecule has 2 amide bonds. The Kier molecular flexibility index (Phi) is 10.1. The van der Waals surface area contributed by atoms with Gasteiger partial charge in [0.05, 0.1) is 6.10 Å². The molecule has 8 heteroatoms. The SMILES string of the molecule is CC(C)CCC[C@@H](C)[C@H]1CC[C@H]2C3[C@@H](O[Si](C)(C)C(C)(C)C)C=C4C[C@@H](OC(=O)ON5C(=O)CCC5=O)CC[C@]4(C)[C@H]3CC[C@]12C. The quantitative estimate of drug-likeness (QED) is 0.106. The predicted octanol–water partition coefficient (Wildman–Crippen LogP) is 9.61. The Balaban J connectivity index is 1.39. The average Bonchev–Trinajstić information content (AvgIpc) is 3.46. The number of hydrogen-bond donors (Lipinski definition) is 0. The van der Waals surface area contributed by atoms with Crippen LogP contribution in [0.4, 0.5) is 4.79 Å². The molecule has 0 aromatic heterocycles. The van der Waals surface area contributed by atoms with Crippen molar-refractivity contribution in [1.82, 2.24) is 5.06 Å². The Bertz CT molecular complexity index is 1190. The lowest BCUT2D eigenvalue weighted by Gasteiger charge is -2.61. The molecule has 5 rings (SSSR count). The van der Waals surface area contributed by atoms with Gasteiger partial charge in [0.1, 0.15) is 6.10 Å². The number of hydroxylamine groups is 2. The summed E-state index contributed by atoms with van der Waals surface area (Å²) in [5, 5.41) is 0.678. The van der Waals surface area contributed by atoms with Gasteiger partial charge in [0.25, 0.3) is 11.8 Å². The molecular formula is C38H63NO6Si. The summed E-state index contributed by atoms with van der Waals surface area (Å²) < 4.78 is 13.2. The van der Waals surface area contributed by atoms with Gasteiger partial charge < -0.3 is 9.16 Å². The van der Waals surface area contributed by atoms with Crippen LogP contribution in [0.5, 0.6) is 0 Å². The van der Waals surface area contributed by atoms with Crippen LogP contribution < -0.4 is 0 Å². The van der Waals surface area contributed by atoms with Gasteiger partial charge in [-0.1, -0.05) is 91.4 Å². The van der Waals surface area contributed by atoms with E-state index in [2.05, 4.69) is 74.6 Å². The van der Waals surface area contributed by atoms with Crippen molar-refractivity contribution in [2.24, 2.45) is 46.3 Å². The Morgan fingerprint density at radius 2 is 1.65 bits per heavy atom. The van der Waals surface area contributed by atoms with Crippen LogP contribution in [0.25, 0.3) is 0 Å². The van der Waals surface area contributed by atoms with Crippen molar-refractivity contribution < 1.29 is 28.4 Å². The minimum Gasteiger partial charge on any atom is -0.429 e. The number of amides is 2. The standard InChI is InChI=1S/C38H63NO6Si/c1-24(2)12-11-13-25(3)28-14-15-29-34-30(19-21-38(28,29)8)37(7)20-18-27(43-35(42)44-39-32(40)16-17-33(39)41)22-26(37)23-31(34)45-46(9,10)36(4,5)6/h23-25,27-31,34H,11-22H2,1-10H3/t25-,27+,28-,29+,30+,31+,34?,37+,38-/m1/s1. The summed E-state index contributed by atoms with van der Waals surface area (Å²) in [5.41, 5.74) is 1.75. The lowest BCUT2D eigenvalue weighted by atomic mass is 9.46. The van der Waals surface area contributed by atoms with Crippen molar-refractivity contribution in [2.75, 3.05) is 0 Å². The number of carbonyl (C=O) groups excluding carboxylic acids is 3. The monoisotopic (exact) mass is 657 g/mol. The third-order valence-electron chi connectivity index (χ3n) is 13.9. The molecule has 0 aromatic rings. The fraction of sp³-hybridized carbons (Fsp3) is 0.868. The fourth-order valence-electron chi connectivity index (χ4n) is 10.2. The fourth-order valence-corrected chi connectivity index (χ4v) is 11.5. The molecule has 0 radical (unpaired) electrons. The minimum absolute atomic E-state index is 0.0465. The summed E-state index contributed by atoms with van der Waals surface area (Å²) in [6.07, 6.45) is 12.9. The summed E-state index contributed by atoms with van der Waals surface area (Å²) >= 11 is 0. The molecule has 9 atom stereocenters. The van der Waals surface area contributed by atoms with Crippen molar-refractivity contribution in [3.05, 3.63) is 11.6 Å². The van der Waals surface area contributed by atoms with Gasteiger partial charge in [-0.15, -0.1) is 0 Å². The van der Waals surface area contributed by atoms with Gasteiger partial charge in [0.2, 0.25) is 0 Å². The number of carbonyl (C=O) groups is 3. The average molecular weight is 658 g/mol. The van der Waals surface area contributed by atoms with Gasteiger partial charge in [-0.3, -0.25) is 14.4 Å². The van der Waals surface area contributed by atoms with E-state index >= 15 is 0 Å². The third kappa shape index (κ3) is 6.64. The zero-order valence-electron chi connectivity index (χ0n) is 30.6. The second-order valence-electron chi connectivity index (χ2n) is 18.2. The number of imide groups is 1. The maximum atomic E-state index is 12.7. The molecule has 0 aromatic carbocycles. The zero-order valence-corrected chi connectivity index (χ0v) is 31.6. The summed E-state index contributed by atoms with van der Waals surface area (Å²) in [6, 6.07) is 0. The van der Waals surface area contributed by atoms with Crippen molar-refractivity contribution in [1.29, 1.82) is 0 Å². The van der Waals surface area contributed by atoms with E-state index in [9.17, 15) is 14.4 Å². The molecule has 1 heterocycles. The maximum Gasteiger partial charge on any atom is 0.534 e. The van der Waals surface area contributed by atoms with Crippen molar-refractivity contribution in [2.45, 2.75) is 163 Å². The third-order valence-corrected chi connectivity index (χ3v) is 18.4. The molecule has 0 spiro atoms. The van der Waals surface area contributed by atoms with Crippen LogP contribution in [-0.4, -0.2) is 43.6 Å². The number of rotatable bonds is 9. The van der Waals surface area contributed by atoms with Gasteiger partial charge >= 0.3 is 6.16 Å². The van der Waals surface area contributed by atoms with Gasteiger partial charge in [-0.2, -0.15) is 0 Å². The first-order valence-corrected chi connectivity index (χ1v) is 21.4. The summed E-state index contributed by atoms with van der Waals surface area (Å²) in [7, 11) is -2.08. The first-order valence-electron chi connectivity index (χ1n) is 18.5. The van der Waals surface area contributed by atoms with Crippen molar-refractivity contribution in [3.63, 3.8) is 0 Å². The van der Waals surface area contributed by atoms with Crippen molar-refractivity contribution in [3.8, 4) is 0 Å². The molecule has 46 heavy (non-hydrogen) atoms. The van der Waals surface area contributed by atoms with Crippen LogP contribution in [0.1, 0.15) is 132 Å². The highest BCUT2D eigenvalue weighted by atomic mass is 28.4. The number of ether oxygens (including phenoxy) is 1. The van der Waals surface area contributed by atoms with Crippen LogP contribution >= 0.6 is 0 Å². The Hall–Kier alpha value is -1.67. The van der Waals surface area contributed by atoms with Gasteiger partial charge in [-0.05, 0) is 103 Å². The van der Waals surface area contributed by atoms with Gasteiger partial charge in [0.15, 0.2) is 8.32 Å². The second-order valence-corrected chi connectivity index (χ2v) is 22.9. The molecule has 7 nitrogen and oxygen atoms in total. The topological polar surface area (TPSA) is 82.1 Å². The lowest BCUT2D eigenvalue weighted by Crippen LogP contribution is -2.58. The second kappa shape index (κ2) is 13.0. The largest absolute Gasteiger partial charge is 0.534 e. The molecule has 4 fully saturated rings. The molecule has 5 aliphatic rings. The van der Waals surface area contributed by atoms with Gasteiger partial charge in [-0.25, -0.2) is 4.79 Å². The Morgan fingerprint density at radius 3 is 2.28 bits per heavy atom. The normalized spacial score (nSPS) is 37.0. The van der Waals surface area contributed by atoms with E-state index in [0.29, 0.717) is 34.7 Å². The molecular weight excluding hydrogens is 595 g/mol. The van der Waals surface area contributed by atoms with Crippen LogP contribution in [0, 0.1) is 46.3 Å². The molecule has 1 unspecified atom stereocenters. The summed E-state index contributed by atoms with van der Waals surface area (Å²) in [6.45, 7) is 24.1. The zero-order chi connectivity index (χ0) is 33.8. The molecule has 0 bridgehead atoms. The lowest BCUT2D eigenvalue weighted by molar-refractivity contribution is -0.179. The molecule has 1 aliphatic heterocycles. The predicted molar refractivity (Wildman–Crippen MR) is 183 cm³/mol. The van der Waals surface area contributed by atoms with E-state index < -0.39 is 26.3 Å². The van der Waals surface area contributed by atoms with E-state index in [4.69, 9.17) is 14.0 Å².